The van der Waals surface area contributed by atoms with Crippen molar-refractivity contribution in [1.29, 1.82) is 0 Å². The van der Waals surface area contributed by atoms with Crippen LogP contribution in [0.25, 0.3) is 0 Å². The highest BCUT2D eigenvalue weighted by molar-refractivity contribution is 6.05. The number of hydrogen-bond donors (Lipinski definition) is 1. The Kier molecular flexibility index (Phi) is 4.27. The predicted octanol–water partition coefficient (Wildman–Crippen LogP) is 4.26. The second-order valence-corrected chi connectivity index (χ2v) is 6.14. The molecule has 0 atom stereocenters. The van der Waals surface area contributed by atoms with Gasteiger partial charge in [-0.25, -0.2) is 0 Å². The van der Waals surface area contributed by atoms with Crippen LogP contribution in [-0.2, 0) is 0 Å². The van der Waals surface area contributed by atoms with Gasteiger partial charge in [0.2, 0.25) is 0 Å². The highest BCUT2D eigenvalue weighted by Crippen LogP contribution is 2.32. The molecule has 2 heterocycles. The fourth-order valence-electron chi connectivity index (χ4n) is 3.54. The normalized spacial score (nSPS) is 15.7. The zero-order chi connectivity index (χ0) is 15.5. The number of rotatable bonds is 3. The van der Waals surface area contributed by atoms with Crippen LogP contribution in [0.3, 0.4) is 0 Å². The van der Waals surface area contributed by atoms with Gasteiger partial charge in [-0.15, -0.1) is 0 Å². The van der Waals surface area contributed by atoms with Gasteiger partial charge < -0.3 is 9.88 Å². The smallest absolute Gasteiger partial charge is 0.257 e. The molecule has 1 aliphatic carbocycles. The number of carbonyl (C=O) groups excluding carboxylic acids is 1. The molecule has 0 saturated heterocycles. The van der Waals surface area contributed by atoms with Crippen LogP contribution in [0.15, 0.2) is 30.6 Å². The van der Waals surface area contributed by atoms with Crippen LogP contribution in [-0.4, -0.2) is 15.5 Å². The van der Waals surface area contributed by atoms with Gasteiger partial charge >= 0.3 is 0 Å². The maximum Gasteiger partial charge on any atom is 0.257 e. The summed E-state index contributed by atoms with van der Waals surface area (Å²) in [6.45, 7) is 4.15. The van der Waals surface area contributed by atoms with Crippen LogP contribution in [0.5, 0.6) is 0 Å². The van der Waals surface area contributed by atoms with Crippen molar-refractivity contribution >= 4 is 11.6 Å². The van der Waals surface area contributed by atoms with E-state index in [0.717, 1.165) is 16.9 Å². The molecule has 0 radical (unpaired) electrons. The summed E-state index contributed by atoms with van der Waals surface area (Å²) in [5.41, 5.74) is 3.76. The predicted molar refractivity (Wildman–Crippen MR) is 88.2 cm³/mol. The standard InChI is InChI=1S/C18H23N3O/c1-13-11-17(18(22)20-15-7-6-10-19-12-15)14(2)21(13)16-8-4-3-5-9-16/h6-7,10-12,16H,3-5,8-9H2,1-2H3,(H,20,22). The van der Waals surface area contributed by atoms with Gasteiger partial charge in [0.15, 0.2) is 0 Å². The molecule has 0 aromatic carbocycles. The number of aromatic nitrogens is 2. The summed E-state index contributed by atoms with van der Waals surface area (Å²) in [6, 6.07) is 6.23. The monoisotopic (exact) mass is 297 g/mol. The zero-order valence-electron chi connectivity index (χ0n) is 13.3. The van der Waals surface area contributed by atoms with Gasteiger partial charge in [-0.05, 0) is 44.9 Å². The van der Waals surface area contributed by atoms with E-state index in [1.165, 1.54) is 37.8 Å². The maximum atomic E-state index is 12.5. The molecule has 0 aliphatic heterocycles. The number of hydrogen-bond acceptors (Lipinski definition) is 2. The van der Waals surface area contributed by atoms with Gasteiger partial charge in [0.25, 0.3) is 5.91 Å². The number of aryl methyl sites for hydroxylation is 1. The average molecular weight is 297 g/mol. The van der Waals surface area contributed by atoms with E-state index >= 15 is 0 Å². The molecule has 4 nitrogen and oxygen atoms in total. The van der Waals surface area contributed by atoms with Crippen molar-refractivity contribution in [3.8, 4) is 0 Å². The summed E-state index contributed by atoms with van der Waals surface area (Å²) >= 11 is 0. The Morgan fingerprint density at radius 2 is 2.05 bits per heavy atom. The Morgan fingerprint density at radius 3 is 2.73 bits per heavy atom. The first-order chi connectivity index (χ1) is 10.7. The van der Waals surface area contributed by atoms with Crippen molar-refractivity contribution in [2.75, 3.05) is 5.32 Å². The van der Waals surface area contributed by atoms with Crippen molar-refractivity contribution in [2.45, 2.75) is 52.0 Å². The van der Waals surface area contributed by atoms with E-state index in [-0.39, 0.29) is 5.91 Å². The van der Waals surface area contributed by atoms with Crippen LogP contribution in [0, 0.1) is 13.8 Å². The van der Waals surface area contributed by atoms with Gasteiger partial charge in [-0.3, -0.25) is 9.78 Å². The Morgan fingerprint density at radius 1 is 1.27 bits per heavy atom. The lowest BCUT2D eigenvalue weighted by Crippen LogP contribution is -2.17. The summed E-state index contributed by atoms with van der Waals surface area (Å²) in [7, 11) is 0. The highest BCUT2D eigenvalue weighted by Gasteiger charge is 2.22. The molecule has 1 amide bonds. The summed E-state index contributed by atoms with van der Waals surface area (Å²) in [5, 5.41) is 2.93. The third-order valence-electron chi connectivity index (χ3n) is 4.59. The van der Waals surface area contributed by atoms with Crippen LogP contribution in [0.4, 0.5) is 5.69 Å². The number of anilines is 1. The Bertz CT molecular complexity index is 654. The fourth-order valence-corrected chi connectivity index (χ4v) is 3.54. The van der Waals surface area contributed by atoms with E-state index in [1.807, 2.05) is 18.2 Å². The number of amides is 1. The van der Waals surface area contributed by atoms with Crippen molar-refractivity contribution < 1.29 is 4.79 Å². The minimum absolute atomic E-state index is 0.0526. The zero-order valence-corrected chi connectivity index (χ0v) is 13.3. The Hall–Kier alpha value is -2.10. The SMILES string of the molecule is Cc1cc(C(=O)Nc2cccnc2)c(C)n1C1CCCCC1. The first kappa shape index (κ1) is 14.8. The number of nitrogens with zero attached hydrogens (tertiary/aromatic N) is 2. The second-order valence-electron chi connectivity index (χ2n) is 6.14. The lowest BCUT2D eigenvalue weighted by Gasteiger charge is -2.26. The van der Waals surface area contributed by atoms with Gasteiger partial charge in [-0.2, -0.15) is 0 Å². The molecule has 116 valence electrons. The second kappa shape index (κ2) is 6.34. The Labute approximate surface area is 131 Å². The summed E-state index contributed by atoms with van der Waals surface area (Å²) < 4.78 is 2.36. The van der Waals surface area contributed by atoms with E-state index < -0.39 is 0 Å². The molecule has 4 heteroatoms. The molecular weight excluding hydrogens is 274 g/mol. The summed E-state index contributed by atoms with van der Waals surface area (Å²) in [6.07, 6.45) is 9.73. The number of nitrogens with one attached hydrogen (secondary N) is 1. The molecule has 0 bridgehead atoms. The molecule has 2 aromatic heterocycles. The van der Waals surface area contributed by atoms with Crippen LogP contribution in [0.1, 0.15) is 59.9 Å². The third-order valence-corrected chi connectivity index (χ3v) is 4.59. The number of pyridine rings is 1. The average Bonchev–Trinajstić information content (AvgIpc) is 2.84. The maximum absolute atomic E-state index is 12.5. The first-order valence-corrected chi connectivity index (χ1v) is 8.06. The molecule has 1 saturated carbocycles. The van der Waals surface area contributed by atoms with Crippen molar-refractivity contribution in [2.24, 2.45) is 0 Å². The van der Waals surface area contributed by atoms with Crippen molar-refractivity contribution in [1.82, 2.24) is 9.55 Å². The van der Waals surface area contributed by atoms with Gasteiger partial charge in [-0.1, -0.05) is 19.3 Å². The van der Waals surface area contributed by atoms with E-state index in [9.17, 15) is 4.79 Å². The molecule has 1 N–H and O–H groups in total. The molecule has 1 aliphatic rings. The first-order valence-electron chi connectivity index (χ1n) is 8.06. The number of carbonyl (C=O) groups is 1. The van der Waals surface area contributed by atoms with Gasteiger partial charge in [0.1, 0.15) is 0 Å². The quantitative estimate of drug-likeness (QED) is 0.920. The summed E-state index contributed by atoms with van der Waals surface area (Å²) in [4.78, 5) is 16.6. The van der Waals surface area contributed by atoms with E-state index in [4.69, 9.17) is 0 Å². The van der Waals surface area contributed by atoms with Crippen LogP contribution in [0.2, 0.25) is 0 Å². The van der Waals surface area contributed by atoms with E-state index in [1.54, 1.807) is 12.4 Å². The molecule has 1 fully saturated rings. The van der Waals surface area contributed by atoms with Gasteiger partial charge in [0, 0.05) is 23.6 Å². The lowest BCUT2D eigenvalue weighted by molar-refractivity contribution is 0.102. The minimum atomic E-state index is -0.0526. The van der Waals surface area contributed by atoms with Crippen LogP contribution < -0.4 is 5.32 Å². The molecule has 3 rings (SSSR count). The van der Waals surface area contributed by atoms with Gasteiger partial charge in [0.05, 0.1) is 17.4 Å². The largest absolute Gasteiger partial charge is 0.345 e. The molecule has 2 aromatic rings. The molecule has 22 heavy (non-hydrogen) atoms. The molecule has 0 spiro atoms. The van der Waals surface area contributed by atoms with E-state index in [0.29, 0.717) is 6.04 Å². The van der Waals surface area contributed by atoms with Crippen molar-refractivity contribution in [3.05, 3.63) is 47.5 Å². The lowest BCUT2D eigenvalue weighted by atomic mass is 9.95. The highest BCUT2D eigenvalue weighted by atomic mass is 16.1. The van der Waals surface area contributed by atoms with Crippen molar-refractivity contribution in [3.63, 3.8) is 0 Å². The topological polar surface area (TPSA) is 46.9 Å². The van der Waals surface area contributed by atoms with Crippen LogP contribution >= 0.6 is 0 Å². The third kappa shape index (κ3) is 2.91. The minimum Gasteiger partial charge on any atom is -0.345 e. The molecular formula is C18H23N3O. The van der Waals surface area contributed by atoms with E-state index in [2.05, 4.69) is 28.7 Å². The fraction of sp³-hybridized carbons (Fsp3) is 0.444. The summed E-state index contributed by atoms with van der Waals surface area (Å²) in [5.74, 6) is -0.0526. The Balaban J connectivity index is 1.84. The molecule has 0 unspecified atom stereocenters.